The Labute approximate surface area is 115 Å². The lowest BCUT2D eigenvalue weighted by molar-refractivity contribution is -0.139. The van der Waals surface area contributed by atoms with Crippen molar-refractivity contribution < 1.29 is 9.90 Å². The van der Waals surface area contributed by atoms with Crippen LogP contribution in [0.4, 0.5) is 5.69 Å². The second kappa shape index (κ2) is 5.24. The Hall–Kier alpha value is -1.51. The zero-order valence-electron chi connectivity index (χ0n) is 12.1. The van der Waals surface area contributed by atoms with Gasteiger partial charge in [0.2, 0.25) is 0 Å². The molecule has 0 atom stereocenters. The minimum absolute atomic E-state index is 0.0405. The minimum Gasteiger partial charge on any atom is -0.481 e. The second-order valence-corrected chi connectivity index (χ2v) is 6.21. The minimum atomic E-state index is -0.678. The first-order chi connectivity index (χ1) is 8.88. The fourth-order valence-corrected chi connectivity index (χ4v) is 2.98. The summed E-state index contributed by atoms with van der Waals surface area (Å²) < 4.78 is 0. The quantitative estimate of drug-likeness (QED) is 0.906. The first-order valence-electron chi connectivity index (χ1n) is 6.93. The van der Waals surface area contributed by atoms with Gasteiger partial charge in [0.15, 0.2) is 0 Å². The molecule has 1 aliphatic rings. The summed E-state index contributed by atoms with van der Waals surface area (Å²) in [7, 11) is 0. The summed E-state index contributed by atoms with van der Waals surface area (Å²) in [5.74, 6) is -0.678. The highest BCUT2D eigenvalue weighted by molar-refractivity contribution is 5.67. The van der Waals surface area contributed by atoms with Crippen LogP contribution in [0.2, 0.25) is 0 Å². The van der Waals surface area contributed by atoms with Crippen LogP contribution in [-0.2, 0) is 4.79 Å². The van der Waals surface area contributed by atoms with Gasteiger partial charge < -0.3 is 10.0 Å². The maximum atomic E-state index is 10.9. The van der Waals surface area contributed by atoms with Crippen molar-refractivity contribution in [3.8, 4) is 0 Å². The number of nitrogens with zero attached hydrogens (tertiary/aromatic N) is 1. The number of anilines is 1. The fourth-order valence-electron chi connectivity index (χ4n) is 2.98. The number of aryl methyl sites for hydroxylation is 2. The predicted octanol–water partition coefficient (Wildman–Crippen LogP) is 3.38. The Morgan fingerprint density at radius 2 is 1.74 bits per heavy atom. The molecule has 2 rings (SSSR count). The van der Waals surface area contributed by atoms with Gasteiger partial charge in [-0.3, -0.25) is 4.79 Å². The van der Waals surface area contributed by atoms with Crippen molar-refractivity contribution in [2.24, 2.45) is 5.41 Å². The Morgan fingerprint density at radius 1 is 1.21 bits per heavy atom. The number of hydrogen-bond donors (Lipinski definition) is 1. The number of piperidine rings is 1. The van der Waals surface area contributed by atoms with Gasteiger partial charge in [-0.05, 0) is 55.4 Å². The highest BCUT2D eigenvalue weighted by atomic mass is 16.4. The molecular formula is C16H23NO2. The fraction of sp³-hybridized carbons (Fsp3) is 0.562. The Morgan fingerprint density at radius 3 is 2.21 bits per heavy atom. The van der Waals surface area contributed by atoms with Crippen molar-refractivity contribution in [3.05, 3.63) is 29.3 Å². The molecular weight excluding hydrogens is 238 g/mol. The maximum Gasteiger partial charge on any atom is 0.303 e. The Kier molecular flexibility index (Phi) is 3.83. The predicted molar refractivity (Wildman–Crippen MR) is 77.7 cm³/mol. The average Bonchev–Trinajstić information content (AvgIpc) is 2.26. The largest absolute Gasteiger partial charge is 0.481 e. The third-order valence-corrected chi connectivity index (χ3v) is 4.12. The molecule has 3 nitrogen and oxygen atoms in total. The van der Waals surface area contributed by atoms with Gasteiger partial charge in [-0.25, -0.2) is 0 Å². The molecule has 1 fully saturated rings. The van der Waals surface area contributed by atoms with Crippen molar-refractivity contribution in [2.45, 2.75) is 40.0 Å². The lowest BCUT2D eigenvalue weighted by Crippen LogP contribution is -2.39. The number of benzene rings is 1. The number of carboxylic acid groups (broad SMARTS) is 1. The third-order valence-electron chi connectivity index (χ3n) is 4.12. The molecule has 0 aliphatic carbocycles. The molecule has 0 unspecified atom stereocenters. The highest BCUT2D eigenvalue weighted by Gasteiger charge is 2.32. The van der Waals surface area contributed by atoms with E-state index in [9.17, 15) is 4.79 Å². The highest BCUT2D eigenvalue weighted by Crippen LogP contribution is 2.36. The van der Waals surface area contributed by atoms with E-state index in [1.807, 2.05) is 0 Å². The zero-order valence-corrected chi connectivity index (χ0v) is 12.1. The van der Waals surface area contributed by atoms with Crippen molar-refractivity contribution in [1.29, 1.82) is 0 Å². The van der Waals surface area contributed by atoms with Gasteiger partial charge in [0.1, 0.15) is 0 Å². The molecule has 1 aromatic rings. The number of aliphatic carboxylic acids is 1. The second-order valence-electron chi connectivity index (χ2n) is 6.21. The van der Waals surface area contributed by atoms with E-state index >= 15 is 0 Å². The molecule has 0 amide bonds. The SMILES string of the molecule is Cc1cc(C)cc(N2CCC(C)(CC(=O)O)CC2)c1. The Balaban J connectivity index is 2.05. The van der Waals surface area contributed by atoms with E-state index in [-0.39, 0.29) is 11.8 Å². The van der Waals surface area contributed by atoms with Gasteiger partial charge in [0, 0.05) is 18.8 Å². The number of hydrogen-bond acceptors (Lipinski definition) is 2. The normalized spacial score (nSPS) is 18.4. The van der Waals surface area contributed by atoms with Crippen LogP contribution in [0.3, 0.4) is 0 Å². The van der Waals surface area contributed by atoms with Gasteiger partial charge in [-0.2, -0.15) is 0 Å². The molecule has 1 N–H and O–H groups in total. The zero-order chi connectivity index (χ0) is 14.0. The summed E-state index contributed by atoms with van der Waals surface area (Å²) in [5.41, 5.74) is 3.80. The van der Waals surface area contributed by atoms with E-state index in [2.05, 4.69) is 43.9 Å². The van der Waals surface area contributed by atoms with Gasteiger partial charge in [0.05, 0.1) is 6.42 Å². The maximum absolute atomic E-state index is 10.9. The lowest BCUT2D eigenvalue weighted by atomic mass is 9.77. The molecule has 104 valence electrons. The van der Waals surface area contributed by atoms with Crippen molar-refractivity contribution in [3.63, 3.8) is 0 Å². The smallest absolute Gasteiger partial charge is 0.303 e. The summed E-state index contributed by atoms with van der Waals surface area (Å²) in [6.07, 6.45) is 2.19. The van der Waals surface area contributed by atoms with E-state index in [4.69, 9.17) is 5.11 Å². The molecule has 0 radical (unpaired) electrons. The number of rotatable bonds is 3. The third kappa shape index (κ3) is 3.49. The Bertz CT molecular complexity index is 453. The van der Waals surface area contributed by atoms with E-state index in [0.717, 1.165) is 25.9 Å². The van der Waals surface area contributed by atoms with Crippen LogP contribution in [0.15, 0.2) is 18.2 Å². The van der Waals surface area contributed by atoms with Crippen molar-refractivity contribution >= 4 is 11.7 Å². The van der Waals surface area contributed by atoms with Crippen LogP contribution in [0.25, 0.3) is 0 Å². The van der Waals surface area contributed by atoms with E-state index < -0.39 is 5.97 Å². The monoisotopic (exact) mass is 261 g/mol. The molecule has 1 aliphatic heterocycles. The summed E-state index contributed by atoms with van der Waals surface area (Å²) in [5, 5.41) is 8.97. The summed E-state index contributed by atoms with van der Waals surface area (Å²) >= 11 is 0. The van der Waals surface area contributed by atoms with Crippen molar-refractivity contribution in [2.75, 3.05) is 18.0 Å². The average molecular weight is 261 g/mol. The molecule has 19 heavy (non-hydrogen) atoms. The van der Waals surface area contributed by atoms with Crippen LogP contribution in [0.5, 0.6) is 0 Å². The molecule has 1 aromatic carbocycles. The first-order valence-corrected chi connectivity index (χ1v) is 6.93. The van der Waals surface area contributed by atoms with Gasteiger partial charge in [-0.15, -0.1) is 0 Å². The molecule has 0 aromatic heterocycles. The van der Waals surface area contributed by atoms with E-state index in [1.54, 1.807) is 0 Å². The summed E-state index contributed by atoms with van der Waals surface area (Å²) in [4.78, 5) is 13.3. The van der Waals surface area contributed by atoms with Crippen LogP contribution < -0.4 is 4.90 Å². The summed E-state index contributed by atoms with van der Waals surface area (Å²) in [6.45, 7) is 8.24. The summed E-state index contributed by atoms with van der Waals surface area (Å²) in [6, 6.07) is 6.61. The van der Waals surface area contributed by atoms with Crippen LogP contribution in [0, 0.1) is 19.3 Å². The lowest BCUT2D eigenvalue weighted by Gasteiger charge is -2.40. The van der Waals surface area contributed by atoms with Crippen LogP contribution in [-0.4, -0.2) is 24.2 Å². The van der Waals surface area contributed by atoms with Crippen molar-refractivity contribution in [1.82, 2.24) is 0 Å². The first kappa shape index (κ1) is 13.9. The van der Waals surface area contributed by atoms with E-state index in [0.29, 0.717) is 0 Å². The van der Waals surface area contributed by atoms with Gasteiger partial charge >= 0.3 is 5.97 Å². The number of carboxylic acids is 1. The molecule has 1 heterocycles. The standard InChI is InChI=1S/C16H23NO2/c1-12-8-13(2)10-14(9-12)17-6-4-16(3,5-7-17)11-15(18)19/h8-10H,4-7,11H2,1-3H3,(H,18,19). The molecule has 1 saturated heterocycles. The molecule has 0 saturated carbocycles. The molecule has 0 bridgehead atoms. The topological polar surface area (TPSA) is 40.5 Å². The van der Waals surface area contributed by atoms with Gasteiger partial charge in [-0.1, -0.05) is 13.0 Å². The van der Waals surface area contributed by atoms with Crippen LogP contribution in [0.1, 0.15) is 37.3 Å². The molecule has 0 spiro atoms. The van der Waals surface area contributed by atoms with E-state index in [1.165, 1.54) is 16.8 Å². The number of carbonyl (C=O) groups is 1. The molecule has 3 heteroatoms. The van der Waals surface area contributed by atoms with Crippen LogP contribution >= 0.6 is 0 Å². The van der Waals surface area contributed by atoms with Gasteiger partial charge in [0.25, 0.3) is 0 Å².